The number of aliphatic carboxylic acids is 1. The number of hydrogen-bond acceptors (Lipinski definition) is 4. The minimum Gasteiger partial charge on any atom is -0.480 e. The van der Waals surface area contributed by atoms with Crippen LogP contribution in [-0.2, 0) is 11.2 Å². The van der Waals surface area contributed by atoms with Crippen LogP contribution in [0, 0.1) is 0 Å². The number of nitrogens with two attached hydrogens (primary N) is 1. The SMILES string of the molecule is N[C@@H](Cc1ccc(/N=N/c2ccccc2)cc1)C(=O)O. The van der Waals surface area contributed by atoms with E-state index in [1.165, 1.54) is 0 Å². The molecule has 0 radical (unpaired) electrons. The lowest BCUT2D eigenvalue weighted by atomic mass is 10.1. The fraction of sp³-hybridized carbons (Fsp3) is 0.133. The Morgan fingerprint density at radius 3 is 2.10 bits per heavy atom. The van der Waals surface area contributed by atoms with Crippen LogP contribution in [0.3, 0.4) is 0 Å². The van der Waals surface area contributed by atoms with Gasteiger partial charge in [0.15, 0.2) is 0 Å². The van der Waals surface area contributed by atoms with Gasteiger partial charge in [-0.15, -0.1) is 0 Å². The third-order valence-electron chi connectivity index (χ3n) is 2.75. The first-order chi connectivity index (χ1) is 9.65. The summed E-state index contributed by atoms with van der Waals surface area (Å²) in [6.45, 7) is 0. The summed E-state index contributed by atoms with van der Waals surface area (Å²) in [4.78, 5) is 10.7. The van der Waals surface area contributed by atoms with Crippen molar-refractivity contribution in [1.82, 2.24) is 0 Å². The van der Waals surface area contributed by atoms with Crippen LogP contribution in [0.1, 0.15) is 5.56 Å². The highest BCUT2D eigenvalue weighted by Gasteiger charge is 2.11. The smallest absolute Gasteiger partial charge is 0.320 e. The highest BCUT2D eigenvalue weighted by Crippen LogP contribution is 2.18. The summed E-state index contributed by atoms with van der Waals surface area (Å²) in [5, 5.41) is 17.0. The maximum Gasteiger partial charge on any atom is 0.320 e. The van der Waals surface area contributed by atoms with Crippen LogP contribution in [-0.4, -0.2) is 17.1 Å². The Hall–Kier alpha value is -2.53. The van der Waals surface area contributed by atoms with Crippen LogP contribution < -0.4 is 5.73 Å². The van der Waals surface area contributed by atoms with Crippen molar-refractivity contribution >= 4 is 17.3 Å². The van der Waals surface area contributed by atoms with E-state index in [9.17, 15) is 4.79 Å². The summed E-state index contributed by atoms with van der Waals surface area (Å²) in [5.41, 5.74) is 7.83. The number of carbonyl (C=O) groups is 1. The molecule has 0 bridgehead atoms. The molecule has 102 valence electrons. The molecule has 3 N–H and O–H groups in total. The highest BCUT2D eigenvalue weighted by molar-refractivity contribution is 5.73. The van der Waals surface area contributed by atoms with E-state index in [1.807, 2.05) is 42.5 Å². The predicted molar refractivity (Wildman–Crippen MR) is 76.4 cm³/mol. The van der Waals surface area contributed by atoms with Crippen molar-refractivity contribution in [3.63, 3.8) is 0 Å². The van der Waals surface area contributed by atoms with E-state index in [0.717, 1.165) is 11.3 Å². The number of nitrogens with zero attached hydrogens (tertiary/aromatic N) is 2. The number of carboxylic acids is 1. The Morgan fingerprint density at radius 1 is 1.00 bits per heavy atom. The van der Waals surface area contributed by atoms with Gasteiger partial charge >= 0.3 is 5.97 Å². The minimum absolute atomic E-state index is 0.297. The molecule has 0 unspecified atom stereocenters. The molecule has 0 amide bonds. The van der Waals surface area contributed by atoms with Crippen molar-refractivity contribution in [2.45, 2.75) is 12.5 Å². The molecule has 0 aliphatic carbocycles. The summed E-state index contributed by atoms with van der Waals surface area (Å²) in [5.74, 6) is -1.00. The van der Waals surface area contributed by atoms with E-state index in [1.54, 1.807) is 12.1 Å². The molecular weight excluding hydrogens is 254 g/mol. The van der Waals surface area contributed by atoms with Crippen molar-refractivity contribution in [2.75, 3.05) is 0 Å². The molecular formula is C15H15N3O2. The van der Waals surface area contributed by atoms with Crippen LogP contribution in [0.4, 0.5) is 11.4 Å². The molecule has 5 heteroatoms. The Bertz CT molecular complexity index is 594. The van der Waals surface area contributed by atoms with E-state index >= 15 is 0 Å². The van der Waals surface area contributed by atoms with Crippen molar-refractivity contribution in [2.24, 2.45) is 16.0 Å². The summed E-state index contributed by atoms with van der Waals surface area (Å²) in [6.07, 6.45) is 0.297. The van der Waals surface area contributed by atoms with Gasteiger partial charge in [-0.25, -0.2) is 0 Å². The summed E-state index contributed by atoms with van der Waals surface area (Å²) in [6, 6.07) is 15.7. The quantitative estimate of drug-likeness (QED) is 0.817. The maximum absolute atomic E-state index is 10.7. The van der Waals surface area contributed by atoms with E-state index in [4.69, 9.17) is 10.8 Å². The fourth-order valence-corrected chi connectivity index (χ4v) is 1.65. The number of hydrogen-bond donors (Lipinski definition) is 2. The van der Waals surface area contributed by atoms with Gasteiger partial charge in [0.2, 0.25) is 0 Å². The molecule has 1 atom stereocenters. The van der Waals surface area contributed by atoms with E-state index in [2.05, 4.69) is 10.2 Å². The average molecular weight is 269 g/mol. The number of rotatable bonds is 5. The van der Waals surface area contributed by atoms with Gasteiger partial charge in [-0.2, -0.15) is 10.2 Å². The zero-order valence-corrected chi connectivity index (χ0v) is 10.8. The predicted octanol–water partition coefficient (Wildman–Crippen LogP) is 3.06. The Kier molecular flexibility index (Phi) is 4.57. The summed E-state index contributed by atoms with van der Waals surface area (Å²) in [7, 11) is 0. The van der Waals surface area contributed by atoms with Gasteiger partial charge in [0.25, 0.3) is 0 Å². The minimum atomic E-state index is -1.00. The fourth-order valence-electron chi connectivity index (χ4n) is 1.65. The van der Waals surface area contributed by atoms with Crippen LogP contribution in [0.5, 0.6) is 0 Å². The van der Waals surface area contributed by atoms with Crippen molar-refractivity contribution in [3.05, 3.63) is 60.2 Å². The van der Waals surface area contributed by atoms with Gasteiger partial charge in [0, 0.05) is 0 Å². The second kappa shape index (κ2) is 6.58. The lowest BCUT2D eigenvalue weighted by molar-refractivity contribution is -0.138. The lowest BCUT2D eigenvalue weighted by Crippen LogP contribution is -2.32. The second-order valence-electron chi connectivity index (χ2n) is 4.35. The van der Waals surface area contributed by atoms with Gasteiger partial charge in [-0.3, -0.25) is 4.79 Å². The molecule has 0 saturated carbocycles. The molecule has 2 rings (SSSR count). The number of benzene rings is 2. The van der Waals surface area contributed by atoms with Crippen LogP contribution in [0.15, 0.2) is 64.8 Å². The zero-order chi connectivity index (χ0) is 14.4. The van der Waals surface area contributed by atoms with Gasteiger partial charge in [-0.1, -0.05) is 30.3 Å². The maximum atomic E-state index is 10.7. The van der Waals surface area contributed by atoms with Gasteiger partial charge < -0.3 is 10.8 Å². The topological polar surface area (TPSA) is 88.0 Å². The lowest BCUT2D eigenvalue weighted by Gasteiger charge is -2.05. The first-order valence-electron chi connectivity index (χ1n) is 6.19. The van der Waals surface area contributed by atoms with Crippen LogP contribution >= 0.6 is 0 Å². The molecule has 20 heavy (non-hydrogen) atoms. The van der Waals surface area contributed by atoms with E-state index in [0.29, 0.717) is 12.1 Å². The zero-order valence-electron chi connectivity index (χ0n) is 10.8. The molecule has 0 heterocycles. The number of azo groups is 1. The van der Waals surface area contributed by atoms with E-state index in [-0.39, 0.29) is 0 Å². The van der Waals surface area contributed by atoms with Crippen LogP contribution in [0.25, 0.3) is 0 Å². The standard InChI is InChI=1S/C15H15N3O2/c16-14(15(19)20)10-11-6-8-13(9-7-11)18-17-12-4-2-1-3-5-12/h1-9,14H,10,16H2,(H,19,20)/b18-17+/t14-/m0/s1. The molecule has 0 aliphatic heterocycles. The normalized spacial score (nSPS) is 12.4. The first kappa shape index (κ1) is 13.9. The molecule has 5 nitrogen and oxygen atoms in total. The van der Waals surface area contributed by atoms with Crippen molar-refractivity contribution in [1.29, 1.82) is 0 Å². The molecule has 0 fully saturated rings. The van der Waals surface area contributed by atoms with Crippen molar-refractivity contribution in [3.8, 4) is 0 Å². The average Bonchev–Trinajstić information content (AvgIpc) is 2.47. The van der Waals surface area contributed by atoms with Gasteiger partial charge in [0.05, 0.1) is 11.4 Å². The molecule has 0 saturated heterocycles. The molecule has 2 aromatic rings. The molecule has 0 spiro atoms. The molecule has 0 aromatic heterocycles. The largest absolute Gasteiger partial charge is 0.480 e. The Morgan fingerprint density at radius 2 is 1.55 bits per heavy atom. The van der Waals surface area contributed by atoms with E-state index < -0.39 is 12.0 Å². The second-order valence-corrected chi connectivity index (χ2v) is 4.35. The Balaban J connectivity index is 2.02. The number of carboxylic acid groups (broad SMARTS) is 1. The van der Waals surface area contributed by atoms with Crippen molar-refractivity contribution < 1.29 is 9.90 Å². The third kappa shape index (κ3) is 4.00. The summed E-state index contributed by atoms with van der Waals surface area (Å²) >= 11 is 0. The third-order valence-corrected chi connectivity index (χ3v) is 2.75. The monoisotopic (exact) mass is 269 g/mol. The van der Waals surface area contributed by atoms with Crippen LogP contribution in [0.2, 0.25) is 0 Å². The van der Waals surface area contributed by atoms with Gasteiger partial charge in [-0.05, 0) is 36.2 Å². The summed E-state index contributed by atoms with van der Waals surface area (Å²) < 4.78 is 0. The van der Waals surface area contributed by atoms with Gasteiger partial charge in [0.1, 0.15) is 6.04 Å². The highest BCUT2D eigenvalue weighted by atomic mass is 16.4. The Labute approximate surface area is 116 Å². The molecule has 0 aliphatic rings. The molecule has 2 aromatic carbocycles. The first-order valence-corrected chi connectivity index (χ1v) is 6.19.